The van der Waals surface area contributed by atoms with E-state index in [-0.39, 0.29) is 40.8 Å². The van der Waals surface area contributed by atoms with Gasteiger partial charge >= 0.3 is 0 Å². The van der Waals surface area contributed by atoms with E-state index in [9.17, 15) is 19.2 Å². The van der Waals surface area contributed by atoms with Gasteiger partial charge in [-0.25, -0.2) is 4.90 Å². The molecule has 7 heteroatoms. The summed E-state index contributed by atoms with van der Waals surface area (Å²) in [5, 5.41) is 5.66. The van der Waals surface area contributed by atoms with Crippen molar-refractivity contribution < 1.29 is 19.2 Å². The van der Waals surface area contributed by atoms with E-state index in [0.29, 0.717) is 29.8 Å². The number of carbonyl (C=O) groups excluding carboxylic acids is 4. The highest BCUT2D eigenvalue weighted by atomic mass is 16.2. The lowest BCUT2D eigenvalue weighted by Gasteiger charge is -2.19. The maximum atomic E-state index is 13.2. The second kappa shape index (κ2) is 9.85. The van der Waals surface area contributed by atoms with E-state index < -0.39 is 5.91 Å². The number of amides is 4. The van der Waals surface area contributed by atoms with Crippen molar-refractivity contribution in [1.82, 2.24) is 0 Å². The number of anilines is 3. The molecule has 0 aromatic heterocycles. The van der Waals surface area contributed by atoms with Crippen LogP contribution < -0.4 is 15.5 Å². The minimum Gasteiger partial charge on any atom is -0.322 e. The Bertz CT molecular complexity index is 1420. The highest BCUT2D eigenvalue weighted by molar-refractivity contribution is 6.25. The van der Waals surface area contributed by atoms with Crippen molar-refractivity contribution in [3.05, 3.63) is 101 Å². The third-order valence-electron chi connectivity index (χ3n) is 6.93. The Morgan fingerprint density at radius 3 is 2.05 bits per heavy atom. The lowest BCUT2D eigenvalue weighted by atomic mass is 9.82. The first-order valence-electron chi connectivity index (χ1n) is 12.2. The SMILES string of the molecule is CC1=CC[C@@H]2C(=O)N(c3ccccc3C(=O)Nc3ccc(C(=O)Nc4ccc(C)cc4)cc3)C(=O)[C@@H]2C1. The molecule has 2 aliphatic rings. The van der Waals surface area contributed by atoms with Gasteiger partial charge in [-0.1, -0.05) is 41.5 Å². The molecule has 186 valence electrons. The molecule has 5 rings (SSSR count). The molecule has 1 aliphatic carbocycles. The summed E-state index contributed by atoms with van der Waals surface area (Å²) in [6.07, 6.45) is 3.11. The molecule has 2 N–H and O–H groups in total. The Hall–Kier alpha value is -4.52. The third kappa shape index (κ3) is 4.80. The van der Waals surface area contributed by atoms with Crippen molar-refractivity contribution in [2.75, 3.05) is 15.5 Å². The number of benzene rings is 3. The second-order valence-electron chi connectivity index (χ2n) is 9.58. The molecule has 0 bridgehead atoms. The fraction of sp³-hybridized carbons (Fsp3) is 0.200. The first-order chi connectivity index (χ1) is 17.8. The molecule has 3 aromatic rings. The highest BCUT2D eigenvalue weighted by Crippen LogP contribution is 2.40. The van der Waals surface area contributed by atoms with Gasteiger partial charge in [0.15, 0.2) is 0 Å². The first-order valence-corrected chi connectivity index (χ1v) is 12.2. The number of fused-ring (bicyclic) bond motifs is 1. The standard InChI is InChI=1S/C30H27N3O4/c1-18-7-12-21(13-8-18)31-27(34)20-10-14-22(15-11-20)32-28(35)24-5-3-4-6-26(24)33-29(36)23-16-9-19(2)17-25(23)30(33)37/h3-15,23,25H,16-17H2,1-2H3,(H,31,34)(H,32,35)/t23-,25+/m0/s1. The van der Waals surface area contributed by atoms with Gasteiger partial charge in [0.2, 0.25) is 11.8 Å². The van der Waals surface area contributed by atoms with Crippen LogP contribution >= 0.6 is 0 Å². The number of aryl methyl sites for hydroxylation is 1. The number of allylic oxidation sites excluding steroid dienone is 2. The minimum atomic E-state index is -0.447. The van der Waals surface area contributed by atoms with E-state index in [2.05, 4.69) is 10.6 Å². The first kappa shape index (κ1) is 24.2. The van der Waals surface area contributed by atoms with Gasteiger partial charge in [-0.2, -0.15) is 0 Å². The number of para-hydroxylation sites is 1. The summed E-state index contributed by atoms with van der Waals surface area (Å²) in [5.41, 5.74) is 4.35. The largest absolute Gasteiger partial charge is 0.322 e. The zero-order valence-electron chi connectivity index (χ0n) is 20.7. The maximum absolute atomic E-state index is 13.2. The Kier molecular flexibility index (Phi) is 6.44. The lowest BCUT2D eigenvalue weighted by Crippen LogP contribution is -2.33. The van der Waals surface area contributed by atoms with Crippen LogP contribution in [-0.2, 0) is 9.59 Å². The summed E-state index contributed by atoms with van der Waals surface area (Å²) in [6, 6.07) is 20.7. The number of rotatable bonds is 5. The van der Waals surface area contributed by atoms with E-state index in [1.165, 1.54) is 4.90 Å². The quantitative estimate of drug-likeness (QED) is 0.370. The Balaban J connectivity index is 1.31. The van der Waals surface area contributed by atoms with Crippen LogP contribution in [0.3, 0.4) is 0 Å². The summed E-state index contributed by atoms with van der Waals surface area (Å²) < 4.78 is 0. The maximum Gasteiger partial charge on any atom is 0.257 e. The zero-order chi connectivity index (χ0) is 26.1. The molecule has 0 spiro atoms. The summed E-state index contributed by atoms with van der Waals surface area (Å²) in [7, 11) is 0. The molecule has 7 nitrogen and oxygen atoms in total. The van der Waals surface area contributed by atoms with Gasteiger partial charge in [-0.05, 0) is 75.2 Å². The molecule has 2 atom stereocenters. The number of hydrogen-bond acceptors (Lipinski definition) is 4. The van der Waals surface area contributed by atoms with E-state index in [4.69, 9.17) is 0 Å². The van der Waals surface area contributed by atoms with Gasteiger partial charge in [0.05, 0.1) is 23.1 Å². The second-order valence-corrected chi connectivity index (χ2v) is 9.58. The molecule has 37 heavy (non-hydrogen) atoms. The zero-order valence-corrected chi connectivity index (χ0v) is 20.7. The van der Waals surface area contributed by atoms with Crippen molar-refractivity contribution in [3.8, 4) is 0 Å². The topological polar surface area (TPSA) is 95.6 Å². The van der Waals surface area contributed by atoms with Crippen LogP contribution in [0.2, 0.25) is 0 Å². The molecule has 1 aliphatic heterocycles. The monoisotopic (exact) mass is 493 g/mol. The molecule has 3 aromatic carbocycles. The van der Waals surface area contributed by atoms with Crippen LogP contribution in [0.25, 0.3) is 0 Å². The van der Waals surface area contributed by atoms with Crippen LogP contribution in [0, 0.1) is 18.8 Å². The predicted octanol–water partition coefficient (Wildman–Crippen LogP) is 5.35. The summed E-state index contributed by atoms with van der Waals surface area (Å²) in [6.45, 7) is 3.94. The van der Waals surface area contributed by atoms with Crippen molar-refractivity contribution in [2.24, 2.45) is 11.8 Å². The predicted molar refractivity (Wildman–Crippen MR) is 142 cm³/mol. The van der Waals surface area contributed by atoms with Crippen molar-refractivity contribution >= 4 is 40.7 Å². The van der Waals surface area contributed by atoms with Gasteiger partial charge in [0.25, 0.3) is 11.8 Å². The van der Waals surface area contributed by atoms with E-state index in [0.717, 1.165) is 11.1 Å². The number of hydrogen-bond donors (Lipinski definition) is 2. The fourth-order valence-electron chi connectivity index (χ4n) is 4.88. The van der Waals surface area contributed by atoms with Crippen LogP contribution in [0.15, 0.2) is 84.4 Å². The molecule has 1 saturated heterocycles. The van der Waals surface area contributed by atoms with Crippen LogP contribution in [0.4, 0.5) is 17.1 Å². The number of imide groups is 1. The Labute approximate surface area is 215 Å². The minimum absolute atomic E-state index is 0.230. The van der Waals surface area contributed by atoms with Gasteiger partial charge < -0.3 is 10.6 Å². The number of carbonyl (C=O) groups is 4. The van der Waals surface area contributed by atoms with Crippen molar-refractivity contribution in [3.63, 3.8) is 0 Å². The Morgan fingerprint density at radius 1 is 0.757 bits per heavy atom. The number of nitrogens with zero attached hydrogens (tertiary/aromatic N) is 1. The van der Waals surface area contributed by atoms with Crippen molar-refractivity contribution in [1.29, 1.82) is 0 Å². The smallest absolute Gasteiger partial charge is 0.257 e. The molecular formula is C30H27N3O4. The Morgan fingerprint density at radius 2 is 1.35 bits per heavy atom. The van der Waals surface area contributed by atoms with E-state index in [1.54, 1.807) is 48.5 Å². The van der Waals surface area contributed by atoms with E-state index >= 15 is 0 Å². The summed E-state index contributed by atoms with van der Waals surface area (Å²) >= 11 is 0. The molecule has 4 amide bonds. The normalized spacial score (nSPS) is 18.8. The van der Waals surface area contributed by atoms with Gasteiger partial charge in [-0.3, -0.25) is 19.2 Å². The summed E-state index contributed by atoms with van der Waals surface area (Å²) in [5.74, 6) is -1.99. The van der Waals surface area contributed by atoms with Crippen molar-refractivity contribution in [2.45, 2.75) is 26.7 Å². The molecule has 1 fully saturated rings. The fourth-order valence-corrected chi connectivity index (χ4v) is 4.88. The van der Waals surface area contributed by atoms with Crippen LogP contribution in [-0.4, -0.2) is 23.6 Å². The molecule has 0 unspecified atom stereocenters. The third-order valence-corrected chi connectivity index (χ3v) is 6.93. The summed E-state index contributed by atoms with van der Waals surface area (Å²) in [4.78, 5) is 53.3. The average molecular weight is 494 g/mol. The lowest BCUT2D eigenvalue weighted by molar-refractivity contribution is -0.122. The average Bonchev–Trinajstić information content (AvgIpc) is 3.14. The van der Waals surface area contributed by atoms with Crippen LogP contribution in [0.5, 0.6) is 0 Å². The van der Waals surface area contributed by atoms with Gasteiger partial charge in [-0.15, -0.1) is 0 Å². The van der Waals surface area contributed by atoms with Gasteiger partial charge in [0, 0.05) is 16.9 Å². The van der Waals surface area contributed by atoms with E-state index in [1.807, 2.05) is 44.2 Å². The molecule has 0 radical (unpaired) electrons. The number of nitrogens with one attached hydrogen (secondary N) is 2. The highest BCUT2D eigenvalue weighted by Gasteiger charge is 2.49. The molecule has 1 heterocycles. The molecule has 0 saturated carbocycles. The van der Waals surface area contributed by atoms with Gasteiger partial charge in [0.1, 0.15) is 0 Å². The van der Waals surface area contributed by atoms with Crippen LogP contribution in [0.1, 0.15) is 46.0 Å². The molecular weight excluding hydrogens is 466 g/mol.